The van der Waals surface area contributed by atoms with Crippen molar-refractivity contribution >= 4 is 73.4 Å². The minimum Gasteiger partial charge on any atom is -0.507 e. The van der Waals surface area contributed by atoms with Crippen molar-refractivity contribution < 1.29 is 38.5 Å². The smallest absolute Gasteiger partial charge is 0.231 e. The first-order valence-corrected chi connectivity index (χ1v) is 18.1. The Morgan fingerprint density at radius 2 is 1.84 bits per heavy atom. The minimum absolute atomic E-state index is 0.0164. The van der Waals surface area contributed by atoms with Crippen LogP contribution < -0.4 is 24.8 Å². The Morgan fingerprint density at radius 1 is 1.12 bits per heavy atom. The predicted molar refractivity (Wildman–Crippen MR) is 192 cm³/mol. The number of aliphatic hydroxyl groups is 1. The quantitative estimate of drug-likeness (QED) is 0.141. The monoisotopic (exact) mass is 735 g/mol. The number of carbonyl (C=O) groups is 4. The number of amides is 2. The number of allylic oxidation sites excluding steroid dienone is 1. The Hall–Kier alpha value is -4.59. The first-order valence-electron chi connectivity index (χ1n) is 15.7. The van der Waals surface area contributed by atoms with Gasteiger partial charge in [-0.3, -0.25) is 19.2 Å². The van der Waals surface area contributed by atoms with Gasteiger partial charge in [0.2, 0.25) is 23.2 Å². The van der Waals surface area contributed by atoms with E-state index in [1.54, 1.807) is 19.1 Å². The molecule has 2 amide bonds. The van der Waals surface area contributed by atoms with Gasteiger partial charge in [-0.25, -0.2) is 4.98 Å². The lowest BCUT2D eigenvalue weighted by atomic mass is 9.69. The molecule has 3 aromatic carbocycles. The van der Waals surface area contributed by atoms with E-state index in [9.17, 15) is 24.3 Å². The summed E-state index contributed by atoms with van der Waals surface area (Å²) >= 11 is 9.47. The second kappa shape index (κ2) is 14.3. The summed E-state index contributed by atoms with van der Waals surface area (Å²) in [5, 5.41) is 18.1. The van der Waals surface area contributed by atoms with Gasteiger partial charge in [0.1, 0.15) is 22.1 Å². The molecule has 260 valence electrons. The normalized spacial score (nSPS) is 18.9. The standard InChI is InChI=1S/C36H34ClN3O8S2/c1-18-15-23(41)29(33(44)36(18)34(45)30-24(46-2)17-25(47-3)31(37)32(30)48-36)21(19-9-11-20(49-4)12-10-19)16-28(43)38-14-13-27(42)40-35-39-22-7-5-6-8-26(22)50-35/h5-12,17-18,21,44H,13-16H2,1-4H3,(H,38,43)(H,39,40,42)/t18-,21?,36+/m1/s1. The van der Waals surface area contributed by atoms with Gasteiger partial charge in [-0.2, -0.15) is 0 Å². The molecule has 2 heterocycles. The van der Waals surface area contributed by atoms with Crippen molar-refractivity contribution in [2.75, 3.05) is 32.3 Å². The molecule has 14 heteroatoms. The molecule has 3 atom stereocenters. The zero-order valence-electron chi connectivity index (χ0n) is 27.6. The van der Waals surface area contributed by atoms with Gasteiger partial charge in [-0.1, -0.05) is 54.1 Å². The molecule has 3 N–H and O–H groups in total. The number of thioether (sulfide) groups is 1. The maximum absolute atomic E-state index is 14.3. The number of ether oxygens (including phenoxy) is 3. The van der Waals surface area contributed by atoms with Gasteiger partial charge in [-0.15, -0.1) is 11.8 Å². The summed E-state index contributed by atoms with van der Waals surface area (Å²) in [6.45, 7) is 1.66. The topological polar surface area (TPSA) is 153 Å². The van der Waals surface area contributed by atoms with Crippen molar-refractivity contribution in [3.05, 3.63) is 82.1 Å². The number of halogens is 1. The molecule has 4 aromatic rings. The van der Waals surface area contributed by atoms with Crippen molar-refractivity contribution in [1.29, 1.82) is 0 Å². The van der Waals surface area contributed by atoms with Gasteiger partial charge in [0, 0.05) is 54.2 Å². The molecule has 50 heavy (non-hydrogen) atoms. The number of Topliss-reactive ketones (excluding diaryl/α,β-unsaturated/α-hetero) is 2. The van der Waals surface area contributed by atoms with E-state index in [-0.39, 0.29) is 65.1 Å². The summed E-state index contributed by atoms with van der Waals surface area (Å²) in [6, 6.07) is 16.3. The molecule has 11 nitrogen and oxygen atoms in total. The molecular formula is C36H34ClN3O8S2. The fraction of sp³-hybridized carbons (Fsp3) is 0.306. The van der Waals surface area contributed by atoms with E-state index in [4.69, 9.17) is 25.8 Å². The fourth-order valence-corrected chi connectivity index (χ4v) is 8.00. The number of aromatic nitrogens is 1. The van der Waals surface area contributed by atoms with Crippen LogP contribution in [0.1, 0.15) is 48.0 Å². The number of rotatable bonds is 11. The van der Waals surface area contributed by atoms with Crippen molar-refractivity contribution in [2.45, 2.75) is 42.6 Å². The van der Waals surface area contributed by atoms with Gasteiger partial charge in [0.25, 0.3) is 0 Å². The average Bonchev–Trinajstić information content (AvgIpc) is 3.66. The number of fused-ring (bicyclic) bond motifs is 2. The summed E-state index contributed by atoms with van der Waals surface area (Å²) in [4.78, 5) is 59.6. The summed E-state index contributed by atoms with van der Waals surface area (Å²) in [6.07, 6.45) is 1.50. The number of methoxy groups -OCH3 is 2. The number of hydrogen-bond donors (Lipinski definition) is 3. The third-order valence-electron chi connectivity index (χ3n) is 8.98. The number of benzene rings is 3. The number of hydrogen-bond acceptors (Lipinski definition) is 11. The van der Waals surface area contributed by atoms with Gasteiger partial charge < -0.3 is 30.0 Å². The number of nitrogens with one attached hydrogen (secondary N) is 2. The lowest BCUT2D eigenvalue weighted by Gasteiger charge is -2.38. The number of ketones is 2. The number of nitrogens with zero attached hydrogens (tertiary/aromatic N) is 1. The van der Waals surface area contributed by atoms with Gasteiger partial charge >= 0.3 is 0 Å². The van der Waals surface area contributed by atoms with Crippen LogP contribution in [0.5, 0.6) is 17.2 Å². The first kappa shape index (κ1) is 35.2. The molecule has 1 aliphatic heterocycles. The molecule has 1 aliphatic carbocycles. The van der Waals surface area contributed by atoms with Gasteiger partial charge in [0.05, 0.1) is 24.4 Å². The highest BCUT2D eigenvalue weighted by molar-refractivity contribution is 7.98. The Kier molecular flexibility index (Phi) is 10.1. The highest BCUT2D eigenvalue weighted by Crippen LogP contribution is 2.55. The van der Waals surface area contributed by atoms with E-state index in [0.29, 0.717) is 10.7 Å². The molecule has 0 fully saturated rings. The van der Waals surface area contributed by atoms with Crippen LogP contribution in [0, 0.1) is 5.92 Å². The van der Waals surface area contributed by atoms with E-state index in [2.05, 4.69) is 15.6 Å². The lowest BCUT2D eigenvalue weighted by Crippen LogP contribution is -2.53. The Balaban J connectivity index is 1.28. The zero-order valence-corrected chi connectivity index (χ0v) is 30.0. The van der Waals surface area contributed by atoms with Crippen molar-refractivity contribution in [3.8, 4) is 17.2 Å². The maximum atomic E-state index is 14.3. The molecule has 6 rings (SSSR count). The highest BCUT2D eigenvalue weighted by atomic mass is 35.5. The van der Waals surface area contributed by atoms with Gasteiger partial charge in [0.15, 0.2) is 22.4 Å². The van der Waals surface area contributed by atoms with E-state index in [1.165, 1.54) is 43.4 Å². The van der Waals surface area contributed by atoms with E-state index in [1.807, 2.05) is 42.7 Å². The number of para-hydroxylation sites is 1. The van der Waals surface area contributed by atoms with Crippen LogP contribution in [0.4, 0.5) is 5.13 Å². The van der Waals surface area contributed by atoms with Crippen LogP contribution in [-0.2, 0) is 14.4 Å². The summed E-state index contributed by atoms with van der Waals surface area (Å²) < 4.78 is 18.1. The predicted octanol–water partition coefficient (Wildman–Crippen LogP) is 6.74. The third-order valence-corrected chi connectivity index (χ3v) is 11.0. The van der Waals surface area contributed by atoms with Crippen LogP contribution in [-0.4, -0.2) is 66.1 Å². The van der Waals surface area contributed by atoms with Crippen LogP contribution in [0.15, 0.2) is 70.8 Å². The van der Waals surface area contributed by atoms with Crippen molar-refractivity contribution in [2.24, 2.45) is 5.92 Å². The van der Waals surface area contributed by atoms with E-state index >= 15 is 0 Å². The van der Waals surface area contributed by atoms with Crippen molar-refractivity contribution in [3.63, 3.8) is 0 Å². The molecule has 0 bridgehead atoms. The number of anilines is 1. The third kappa shape index (κ3) is 6.29. The summed E-state index contributed by atoms with van der Waals surface area (Å²) in [7, 11) is 2.79. The lowest BCUT2D eigenvalue weighted by molar-refractivity contribution is -0.121. The minimum atomic E-state index is -2.00. The summed E-state index contributed by atoms with van der Waals surface area (Å²) in [5.74, 6) is -3.86. The molecule has 0 saturated heterocycles. The molecule has 1 spiro atoms. The largest absolute Gasteiger partial charge is 0.507 e. The second-order valence-corrected chi connectivity index (χ2v) is 14.2. The van der Waals surface area contributed by atoms with Crippen LogP contribution in [0.25, 0.3) is 10.2 Å². The number of carbonyl (C=O) groups excluding carboxylic acids is 4. The molecule has 1 aromatic heterocycles. The molecular weight excluding hydrogens is 702 g/mol. The molecule has 1 unspecified atom stereocenters. The second-order valence-electron chi connectivity index (χ2n) is 11.9. The van der Waals surface area contributed by atoms with E-state index < -0.39 is 40.7 Å². The van der Waals surface area contributed by atoms with Crippen LogP contribution in [0.2, 0.25) is 5.02 Å². The first-order chi connectivity index (χ1) is 24.0. The van der Waals surface area contributed by atoms with Gasteiger partial charge in [-0.05, 0) is 36.1 Å². The average molecular weight is 736 g/mol. The number of thiazole rings is 1. The van der Waals surface area contributed by atoms with Crippen molar-refractivity contribution in [1.82, 2.24) is 10.3 Å². The fourth-order valence-electron chi connectivity index (χ4n) is 6.44. The molecule has 2 aliphatic rings. The SMILES string of the molecule is COc1cc(OC)c2c(c1Cl)O[C@]1(C2=O)C(O)=C(C(CC(=O)NCCC(=O)Nc2nc3ccccc3s2)c2ccc(SC)cc2)C(=O)C[C@H]1C. The molecule has 0 radical (unpaired) electrons. The zero-order chi connectivity index (χ0) is 35.7. The number of aliphatic hydroxyl groups excluding tert-OH is 1. The van der Waals surface area contributed by atoms with E-state index in [0.717, 1.165) is 15.1 Å². The van der Waals surface area contributed by atoms with Crippen LogP contribution >= 0.6 is 34.7 Å². The Morgan fingerprint density at radius 3 is 2.52 bits per heavy atom. The highest BCUT2D eigenvalue weighted by Gasteiger charge is 2.61. The Bertz CT molecular complexity index is 2010. The molecule has 0 saturated carbocycles. The maximum Gasteiger partial charge on any atom is 0.231 e. The summed E-state index contributed by atoms with van der Waals surface area (Å²) in [5.41, 5.74) is -0.729. The Labute approximate surface area is 301 Å². The van der Waals surface area contributed by atoms with Crippen LogP contribution in [0.3, 0.4) is 0 Å².